The summed E-state index contributed by atoms with van der Waals surface area (Å²) in [6.07, 6.45) is 3.72. The maximum absolute atomic E-state index is 13.4. The molecule has 0 aliphatic carbocycles. The SMILES string of the molecule is C=C/C(NC(C)C)=C(\N=C(/C)N(CC)CC)NC(Cc1ccc(OC(=O)N2CCCC2)cc1)C(=O)OC(C)(C)C. The van der Waals surface area contributed by atoms with E-state index in [1.165, 1.54) is 0 Å². The van der Waals surface area contributed by atoms with Crippen molar-refractivity contribution in [3.63, 3.8) is 0 Å². The summed E-state index contributed by atoms with van der Waals surface area (Å²) < 4.78 is 11.3. The molecule has 40 heavy (non-hydrogen) atoms. The zero-order valence-electron chi connectivity index (χ0n) is 25.7. The normalized spacial score (nSPS) is 15.3. The van der Waals surface area contributed by atoms with E-state index in [4.69, 9.17) is 14.5 Å². The lowest BCUT2D eigenvalue weighted by atomic mass is 10.0. The molecule has 1 heterocycles. The molecule has 0 radical (unpaired) electrons. The number of hydrogen-bond donors (Lipinski definition) is 2. The molecule has 1 fully saturated rings. The standard InChI is InChI=1S/C31H49N5O4/c1-10-26(32-22(4)5)28(33-23(6)35(11-2)12-3)34-27(29(37)40-31(7,8)9)21-24-15-17-25(18-16-24)39-30(38)36-19-13-14-20-36/h10,15-18,22,27,32,34H,1,11-14,19-21H2,2-9H3/b28-26-,33-23+. The number of allylic oxidation sites excluding steroid dienone is 1. The van der Waals surface area contributed by atoms with Crippen molar-refractivity contribution in [1.82, 2.24) is 20.4 Å². The Labute approximate surface area is 240 Å². The van der Waals surface area contributed by atoms with Crippen LogP contribution in [0.2, 0.25) is 0 Å². The Balaban J connectivity index is 2.37. The first-order valence-corrected chi connectivity index (χ1v) is 14.3. The van der Waals surface area contributed by atoms with E-state index in [1.807, 2.05) is 53.7 Å². The monoisotopic (exact) mass is 555 g/mol. The highest BCUT2D eigenvalue weighted by molar-refractivity contribution is 5.81. The fraction of sp³-hybridized carbons (Fsp3) is 0.581. The Morgan fingerprint density at radius 1 is 1.10 bits per heavy atom. The van der Waals surface area contributed by atoms with Gasteiger partial charge in [0, 0.05) is 38.6 Å². The van der Waals surface area contributed by atoms with Gasteiger partial charge in [-0.05, 0) is 92.0 Å². The summed E-state index contributed by atoms with van der Waals surface area (Å²) in [5.41, 5.74) is 0.913. The van der Waals surface area contributed by atoms with Crippen LogP contribution >= 0.6 is 0 Å². The Kier molecular flexibility index (Phi) is 12.5. The number of nitrogens with one attached hydrogen (secondary N) is 2. The molecule has 2 N–H and O–H groups in total. The molecule has 222 valence electrons. The van der Waals surface area contributed by atoms with E-state index in [1.54, 1.807) is 23.1 Å². The van der Waals surface area contributed by atoms with Crippen LogP contribution in [0, 0.1) is 0 Å². The molecular weight excluding hydrogens is 506 g/mol. The summed E-state index contributed by atoms with van der Waals surface area (Å²) in [5.74, 6) is 1.42. The zero-order chi connectivity index (χ0) is 29.9. The summed E-state index contributed by atoms with van der Waals surface area (Å²) in [6, 6.07) is 6.63. The molecule has 1 unspecified atom stereocenters. The molecule has 0 bridgehead atoms. The topological polar surface area (TPSA) is 95.5 Å². The number of rotatable bonds is 12. The van der Waals surface area contributed by atoms with Crippen LogP contribution < -0.4 is 15.4 Å². The lowest BCUT2D eigenvalue weighted by Crippen LogP contribution is -2.43. The molecule has 9 nitrogen and oxygen atoms in total. The maximum atomic E-state index is 13.4. The van der Waals surface area contributed by atoms with Gasteiger partial charge in [0.1, 0.15) is 23.2 Å². The number of carbonyl (C=O) groups excluding carboxylic acids is 2. The van der Waals surface area contributed by atoms with Gasteiger partial charge in [-0.15, -0.1) is 0 Å². The highest BCUT2D eigenvalue weighted by Gasteiger charge is 2.27. The minimum atomic E-state index is -0.732. The third-order valence-corrected chi connectivity index (χ3v) is 6.33. The van der Waals surface area contributed by atoms with Crippen LogP contribution in [-0.2, 0) is 16.0 Å². The summed E-state index contributed by atoms with van der Waals surface area (Å²) in [5, 5.41) is 6.75. The minimum absolute atomic E-state index is 0.129. The first kappa shape index (κ1) is 32.7. The van der Waals surface area contributed by atoms with Gasteiger partial charge in [-0.2, -0.15) is 0 Å². The molecule has 1 amide bonds. The van der Waals surface area contributed by atoms with E-state index in [0.29, 0.717) is 23.7 Å². The van der Waals surface area contributed by atoms with E-state index in [0.717, 1.165) is 50.4 Å². The van der Waals surface area contributed by atoms with Gasteiger partial charge in [-0.3, -0.25) is 0 Å². The van der Waals surface area contributed by atoms with E-state index in [2.05, 4.69) is 36.0 Å². The number of carbonyl (C=O) groups is 2. The molecule has 1 aliphatic heterocycles. The zero-order valence-corrected chi connectivity index (χ0v) is 25.7. The predicted molar refractivity (Wildman–Crippen MR) is 161 cm³/mol. The number of nitrogens with zero attached hydrogens (tertiary/aromatic N) is 3. The van der Waals surface area contributed by atoms with E-state index < -0.39 is 17.6 Å². The van der Waals surface area contributed by atoms with Crippen LogP contribution in [0.4, 0.5) is 4.79 Å². The highest BCUT2D eigenvalue weighted by atomic mass is 16.6. The fourth-order valence-electron chi connectivity index (χ4n) is 4.34. The average Bonchev–Trinajstić information content (AvgIpc) is 3.42. The molecule has 1 aromatic carbocycles. The quantitative estimate of drug-likeness (QED) is 0.158. The Hall–Kier alpha value is -3.49. The van der Waals surface area contributed by atoms with Crippen molar-refractivity contribution >= 4 is 17.9 Å². The van der Waals surface area contributed by atoms with Gasteiger partial charge in [0.05, 0.1) is 5.70 Å². The number of amidine groups is 1. The largest absolute Gasteiger partial charge is 0.458 e. The molecule has 1 atom stereocenters. The minimum Gasteiger partial charge on any atom is -0.458 e. The van der Waals surface area contributed by atoms with E-state index in [-0.39, 0.29) is 12.1 Å². The van der Waals surface area contributed by atoms with Gasteiger partial charge in [0.25, 0.3) is 0 Å². The third kappa shape index (κ3) is 10.6. The molecule has 1 aromatic rings. The number of hydrogen-bond acceptors (Lipinski definition) is 7. The summed E-state index contributed by atoms with van der Waals surface area (Å²) in [4.78, 5) is 34.6. The van der Waals surface area contributed by atoms with Crippen LogP contribution in [-0.4, -0.2) is 71.6 Å². The highest BCUT2D eigenvalue weighted by Crippen LogP contribution is 2.19. The van der Waals surface area contributed by atoms with Crippen molar-refractivity contribution in [2.75, 3.05) is 26.2 Å². The van der Waals surface area contributed by atoms with Crippen molar-refractivity contribution in [2.24, 2.45) is 4.99 Å². The number of esters is 1. The summed E-state index contributed by atoms with van der Waals surface area (Å²) >= 11 is 0. The van der Waals surface area contributed by atoms with Crippen molar-refractivity contribution in [3.8, 4) is 5.75 Å². The average molecular weight is 556 g/mol. The molecule has 2 rings (SSSR count). The van der Waals surface area contributed by atoms with E-state index >= 15 is 0 Å². The number of aliphatic imine (C=N–C) groups is 1. The molecule has 9 heteroatoms. The van der Waals surface area contributed by atoms with Gasteiger partial charge in [0.2, 0.25) is 0 Å². The number of ether oxygens (including phenoxy) is 2. The second kappa shape index (κ2) is 15.3. The smallest absolute Gasteiger partial charge is 0.415 e. The first-order valence-electron chi connectivity index (χ1n) is 14.3. The third-order valence-electron chi connectivity index (χ3n) is 6.33. The van der Waals surface area contributed by atoms with Crippen molar-refractivity contribution < 1.29 is 19.1 Å². The van der Waals surface area contributed by atoms with Crippen molar-refractivity contribution in [3.05, 3.63) is 54.0 Å². The Morgan fingerprint density at radius 2 is 1.70 bits per heavy atom. The number of amides is 1. The predicted octanol–water partition coefficient (Wildman–Crippen LogP) is 5.24. The van der Waals surface area contributed by atoms with E-state index in [9.17, 15) is 9.59 Å². The van der Waals surface area contributed by atoms with Gasteiger partial charge < -0.3 is 29.9 Å². The summed E-state index contributed by atoms with van der Waals surface area (Å²) in [6.45, 7) is 22.8. The van der Waals surface area contributed by atoms with Crippen LogP contribution in [0.5, 0.6) is 5.75 Å². The molecule has 1 aliphatic rings. The Bertz CT molecular complexity index is 1050. The van der Waals surface area contributed by atoms with Crippen molar-refractivity contribution in [2.45, 2.75) is 92.3 Å². The van der Waals surface area contributed by atoms with Crippen molar-refractivity contribution in [1.29, 1.82) is 0 Å². The first-order chi connectivity index (χ1) is 18.9. The second-order valence-corrected chi connectivity index (χ2v) is 11.2. The second-order valence-electron chi connectivity index (χ2n) is 11.2. The van der Waals surface area contributed by atoms with Crippen LogP contribution in [0.1, 0.15) is 73.8 Å². The fourth-order valence-corrected chi connectivity index (χ4v) is 4.34. The molecule has 0 aromatic heterocycles. The molecular formula is C31H49N5O4. The number of likely N-dealkylation sites (tertiary alicyclic amines) is 1. The van der Waals surface area contributed by atoms with Gasteiger partial charge in [-0.1, -0.05) is 18.7 Å². The van der Waals surface area contributed by atoms with Gasteiger partial charge >= 0.3 is 12.1 Å². The van der Waals surface area contributed by atoms with Crippen LogP contribution in [0.25, 0.3) is 0 Å². The lowest BCUT2D eigenvalue weighted by Gasteiger charge is -2.27. The number of benzene rings is 1. The molecule has 0 saturated carbocycles. The lowest BCUT2D eigenvalue weighted by molar-refractivity contribution is -0.157. The van der Waals surface area contributed by atoms with Gasteiger partial charge in [0.15, 0.2) is 5.82 Å². The summed E-state index contributed by atoms with van der Waals surface area (Å²) in [7, 11) is 0. The maximum Gasteiger partial charge on any atom is 0.415 e. The Morgan fingerprint density at radius 3 is 2.20 bits per heavy atom. The molecule has 1 saturated heterocycles. The van der Waals surface area contributed by atoms with Crippen LogP contribution in [0.3, 0.4) is 0 Å². The molecule has 0 spiro atoms. The van der Waals surface area contributed by atoms with Crippen LogP contribution in [0.15, 0.2) is 53.4 Å². The van der Waals surface area contributed by atoms with Gasteiger partial charge in [-0.25, -0.2) is 14.6 Å².